The Morgan fingerprint density at radius 2 is 2.17 bits per heavy atom. The van der Waals surface area contributed by atoms with E-state index in [0.29, 0.717) is 9.39 Å². The van der Waals surface area contributed by atoms with Gasteiger partial charge in [0.25, 0.3) is 5.56 Å². The number of nitrogens with zero attached hydrogens (tertiary/aromatic N) is 4. The lowest BCUT2D eigenvalue weighted by Crippen LogP contribution is -2.32. The van der Waals surface area contributed by atoms with Crippen molar-refractivity contribution in [2.75, 3.05) is 0 Å². The van der Waals surface area contributed by atoms with Crippen LogP contribution in [-0.2, 0) is 6.54 Å². The van der Waals surface area contributed by atoms with Crippen LogP contribution in [0.2, 0.25) is 0 Å². The number of aromatic nitrogens is 5. The Kier molecular flexibility index (Phi) is 3.64. The SMILES string of the molecule is CC(C)n1ncnc1Cn1cc(I)c(=O)[nH]c1=O. The summed E-state index contributed by atoms with van der Waals surface area (Å²) < 4.78 is 3.61. The second-order valence-electron chi connectivity index (χ2n) is 4.08. The fourth-order valence-corrected chi connectivity index (χ4v) is 2.04. The van der Waals surface area contributed by atoms with Gasteiger partial charge in [0.1, 0.15) is 12.2 Å². The average molecular weight is 361 g/mol. The van der Waals surface area contributed by atoms with Crippen molar-refractivity contribution in [3.05, 3.63) is 42.8 Å². The Bertz CT molecular complexity index is 669. The van der Waals surface area contributed by atoms with E-state index in [1.165, 1.54) is 17.1 Å². The summed E-state index contributed by atoms with van der Waals surface area (Å²) in [5.41, 5.74) is -0.819. The monoisotopic (exact) mass is 361 g/mol. The molecule has 0 aliphatic rings. The molecule has 0 aromatic carbocycles. The molecule has 2 heterocycles. The van der Waals surface area contributed by atoms with Gasteiger partial charge in [-0.05, 0) is 36.4 Å². The molecule has 0 radical (unpaired) electrons. The lowest BCUT2D eigenvalue weighted by atomic mass is 10.4. The van der Waals surface area contributed by atoms with Crippen LogP contribution in [0.4, 0.5) is 0 Å². The molecule has 1 N–H and O–H groups in total. The first-order valence-corrected chi connectivity index (χ1v) is 6.44. The molecule has 7 nitrogen and oxygen atoms in total. The smallest absolute Gasteiger partial charge is 0.292 e. The predicted molar refractivity (Wildman–Crippen MR) is 73.5 cm³/mol. The number of nitrogens with one attached hydrogen (secondary N) is 1. The van der Waals surface area contributed by atoms with E-state index in [-0.39, 0.29) is 18.1 Å². The minimum atomic E-state index is -0.446. The van der Waals surface area contributed by atoms with Gasteiger partial charge in [-0.3, -0.25) is 14.3 Å². The van der Waals surface area contributed by atoms with Gasteiger partial charge in [0, 0.05) is 12.2 Å². The normalized spacial score (nSPS) is 11.1. The van der Waals surface area contributed by atoms with E-state index < -0.39 is 5.69 Å². The number of rotatable bonds is 3. The fourth-order valence-electron chi connectivity index (χ4n) is 1.57. The number of aromatic amines is 1. The van der Waals surface area contributed by atoms with E-state index in [4.69, 9.17) is 0 Å². The zero-order valence-electron chi connectivity index (χ0n) is 9.92. The summed E-state index contributed by atoms with van der Waals surface area (Å²) >= 11 is 1.88. The predicted octanol–water partition coefficient (Wildman–Crippen LogP) is 0.362. The molecule has 0 spiro atoms. The fraction of sp³-hybridized carbons (Fsp3) is 0.400. The molecule has 8 heteroatoms. The van der Waals surface area contributed by atoms with E-state index in [1.807, 2.05) is 36.4 Å². The largest absolute Gasteiger partial charge is 0.328 e. The van der Waals surface area contributed by atoms with E-state index in [9.17, 15) is 9.59 Å². The minimum Gasteiger partial charge on any atom is -0.292 e. The summed E-state index contributed by atoms with van der Waals surface area (Å²) in [5.74, 6) is 0.676. The molecule has 0 atom stereocenters. The van der Waals surface area contributed by atoms with Crippen LogP contribution in [0, 0.1) is 3.57 Å². The summed E-state index contributed by atoms with van der Waals surface area (Å²) in [6, 6.07) is 0.167. The van der Waals surface area contributed by atoms with Gasteiger partial charge in [-0.15, -0.1) is 0 Å². The number of halogens is 1. The number of H-pyrrole nitrogens is 1. The van der Waals surface area contributed by atoms with Crippen LogP contribution in [0.25, 0.3) is 0 Å². The molecule has 0 aliphatic heterocycles. The zero-order valence-corrected chi connectivity index (χ0v) is 12.1. The van der Waals surface area contributed by atoms with Gasteiger partial charge in [0.05, 0.1) is 10.1 Å². The Morgan fingerprint density at radius 1 is 1.44 bits per heavy atom. The molecule has 2 aromatic rings. The second kappa shape index (κ2) is 5.04. The van der Waals surface area contributed by atoms with Crippen LogP contribution < -0.4 is 11.2 Å². The van der Waals surface area contributed by atoms with E-state index in [1.54, 1.807) is 4.68 Å². The van der Waals surface area contributed by atoms with Gasteiger partial charge in [-0.25, -0.2) is 14.5 Å². The van der Waals surface area contributed by atoms with E-state index in [2.05, 4.69) is 15.1 Å². The van der Waals surface area contributed by atoms with Gasteiger partial charge in [-0.2, -0.15) is 5.10 Å². The van der Waals surface area contributed by atoms with Crippen molar-refractivity contribution in [3.8, 4) is 0 Å². The van der Waals surface area contributed by atoms with Crippen LogP contribution in [0.5, 0.6) is 0 Å². The first-order chi connectivity index (χ1) is 8.49. The van der Waals surface area contributed by atoms with Gasteiger partial charge >= 0.3 is 5.69 Å². The van der Waals surface area contributed by atoms with Crippen LogP contribution in [-0.4, -0.2) is 24.3 Å². The van der Waals surface area contributed by atoms with Crippen molar-refractivity contribution in [2.24, 2.45) is 0 Å². The standard InChI is InChI=1S/C10H12IN5O2/c1-6(2)16-8(12-5-13-16)4-15-3-7(11)9(17)14-10(15)18/h3,5-6H,4H2,1-2H3,(H,14,17,18). The van der Waals surface area contributed by atoms with Gasteiger partial charge in [0.15, 0.2) is 0 Å². The first kappa shape index (κ1) is 13.0. The molecule has 0 bridgehead atoms. The highest BCUT2D eigenvalue weighted by Crippen LogP contribution is 2.06. The molecule has 2 aromatic heterocycles. The Morgan fingerprint density at radius 3 is 2.83 bits per heavy atom. The minimum absolute atomic E-state index is 0.167. The summed E-state index contributed by atoms with van der Waals surface area (Å²) in [5, 5.41) is 4.10. The second-order valence-corrected chi connectivity index (χ2v) is 5.24. The van der Waals surface area contributed by atoms with Crippen LogP contribution in [0.3, 0.4) is 0 Å². The van der Waals surface area contributed by atoms with E-state index in [0.717, 1.165) is 0 Å². The first-order valence-electron chi connectivity index (χ1n) is 5.36. The summed E-state index contributed by atoms with van der Waals surface area (Å²) in [7, 11) is 0. The number of hydrogen-bond acceptors (Lipinski definition) is 4. The van der Waals surface area contributed by atoms with Crippen molar-refractivity contribution in [1.29, 1.82) is 0 Å². The van der Waals surface area contributed by atoms with Gasteiger partial charge < -0.3 is 0 Å². The lowest BCUT2D eigenvalue weighted by Gasteiger charge is -2.10. The third kappa shape index (κ3) is 2.52. The molecule has 0 fully saturated rings. The molecular formula is C10H12IN5O2. The highest BCUT2D eigenvalue weighted by molar-refractivity contribution is 14.1. The van der Waals surface area contributed by atoms with Crippen molar-refractivity contribution in [3.63, 3.8) is 0 Å². The Hall–Kier alpha value is -1.45. The Labute approximate surface area is 116 Å². The highest BCUT2D eigenvalue weighted by Gasteiger charge is 2.10. The molecule has 0 amide bonds. The van der Waals surface area contributed by atoms with Crippen LogP contribution in [0.1, 0.15) is 25.7 Å². The van der Waals surface area contributed by atoms with Crippen molar-refractivity contribution < 1.29 is 0 Å². The maximum atomic E-state index is 11.6. The topological polar surface area (TPSA) is 85.6 Å². The zero-order chi connectivity index (χ0) is 13.3. The molecule has 0 aliphatic carbocycles. The third-order valence-electron chi connectivity index (χ3n) is 2.42. The molecule has 18 heavy (non-hydrogen) atoms. The van der Waals surface area contributed by atoms with Gasteiger partial charge in [-0.1, -0.05) is 0 Å². The quantitative estimate of drug-likeness (QED) is 0.801. The molecule has 2 rings (SSSR count). The van der Waals surface area contributed by atoms with Gasteiger partial charge in [0.2, 0.25) is 0 Å². The average Bonchev–Trinajstić information content (AvgIpc) is 2.74. The summed E-state index contributed by atoms with van der Waals surface area (Å²) in [6.45, 7) is 4.25. The number of hydrogen-bond donors (Lipinski definition) is 1. The molecule has 0 unspecified atom stereocenters. The van der Waals surface area contributed by atoms with E-state index >= 15 is 0 Å². The molecule has 0 saturated heterocycles. The van der Waals surface area contributed by atoms with Crippen molar-refractivity contribution >= 4 is 22.6 Å². The molecule has 96 valence electrons. The maximum Gasteiger partial charge on any atom is 0.328 e. The maximum absolute atomic E-state index is 11.6. The summed E-state index contributed by atoms with van der Waals surface area (Å²) in [6.07, 6.45) is 2.97. The van der Waals surface area contributed by atoms with Crippen LogP contribution >= 0.6 is 22.6 Å². The van der Waals surface area contributed by atoms with Crippen LogP contribution in [0.15, 0.2) is 22.1 Å². The Balaban J connectivity index is 2.40. The highest BCUT2D eigenvalue weighted by atomic mass is 127. The molecular weight excluding hydrogens is 349 g/mol. The third-order valence-corrected chi connectivity index (χ3v) is 3.18. The summed E-state index contributed by atoms with van der Waals surface area (Å²) in [4.78, 5) is 29.3. The van der Waals surface area contributed by atoms with Crippen molar-refractivity contribution in [1.82, 2.24) is 24.3 Å². The molecule has 0 saturated carbocycles. The van der Waals surface area contributed by atoms with Crippen molar-refractivity contribution in [2.45, 2.75) is 26.4 Å². The lowest BCUT2D eigenvalue weighted by molar-refractivity contribution is 0.492.